The van der Waals surface area contributed by atoms with Gasteiger partial charge in [-0.1, -0.05) is 31.5 Å². The molecule has 1 aromatic carbocycles. The van der Waals surface area contributed by atoms with Crippen molar-refractivity contribution in [2.24, 2.45) is 11.8 Å². The standard InChI is InChI=1S/C22H28N2O4/c1-4-14-12-24-10-9-22(17-7-5-6-8-18(17)23-21(22)26)19(24)11-15(14)16(13-27-2)20(25)28-3/h5-8,13-15,19H,4,9-12H2,1-3H3,(H,23,26)/b16-13-/t14-,15-,19?,22?/m0/s1. The van der Waals surface area contributed by atoms with Gasteiger partial charge in [0.05, 0.1) is 31.5 Å². The zero-order valence-corrected chi connectivity index (χ0v) is 16.7. The van der Waals surface area contributed by atoms with Gasteiger partial charge < -0.3 is 14.8 Å². The van der Waals surface area contributed by atoms with Crippen molar-refractivity contribution in [3.63, 3.8) is 0 Å². The van der Waals surface area contributed by atoms with E-state index in [1.165, 1.54) is 13.4 Å². The van der Waals surface area contributed by atoms with E-state index < -0.39 is 5.41 Å². The molecule has 28 heavy (non-hydrogen) atoms. The smallest absolute Gasteiger partial charge is 0.337 e. The highest BCUT2D eigenvalue weighted by Crippen LogP contribution is 2.53. The third-order valence-electron chi connectivity index (χ3n) is 6.97. The number of piperidine rings is 1. The molecule has 3 heterocycles. The van der Waals surface area contributed by atoms with Crippen LogP contribution >= 0.6 is 0 Å². The van der Waals surface area contributed by atoms with Crippen LogP contribution in [-0.2, 0) is 24.5 Å². The number of ether oxygens (including phenoxy) is 2. The number of methoxy groups -OCH3 is 2. The predicted molar refractivity (Wildman–Crippen MR) is 106 cm³/mol. The van der Waals surface area contributed by atoms with Crippen LogP contribution in [-0.4, -0.2) is 50.1 Å². The summed E-state index contributed by atoms with van der Waals surface area (Å²) in [4.78, 5) is 28.1. The molecule has 6 heteroatoms. The highest BCUT2D eigenvalue weighted by Gasteiger charge is 2.60. The number of benzene rings is 1. The molecular formula is C22H28N2O4. The SMILES string of the molecule is CC[C@H]1CN2CCC3(C(=O)Nc4ccccc43)C2C[C@@H]1/C(=C/OC)C(=O)OC. The van der Waals surface area contributed by atoms with E-state index in [0.717, 1.165) is 43.6 Å². The van der Waals surface area contributed by atoms with Gasteiger partial charge in [0.1, 0.15) is 0 Å². The zero-order valence-electron chi connectivity index (χ0n) is 16.7. The molecular weight excluding hydrogens is 356 g/mol. The van der Waals surface area contributed by atoms with Crippen LogP contribution < -0.4 is 5.32 Å². The Bertz CT molecular complexity index is 821. The Morgan fingerprint density at radius 3 is 2.86 bits per heavy atom. The number of para-hydroxylation sites is 1. The van der Waals surface area contributed by atoms with Crippen molar-refractivity contribution in [1.29, 1.82) is 0 Å². The van der Waals surface area contributed by atoms with E-state index in [2.05, 4.69) is 23.2 Å². The average molecular weight is 384 g/mol. The number of rotatable bonds is 4. The monoisotopic (exact) mass is 384 g/mol. The number of nitrogens with zero attached hydrogens (tertiary/aromatic N) is 1. The van der Waals surface area contributed by atoms with E-state index >= 15 is 0 Å². The molecule has 0 saturated carbocycles. The molecule has 1 aromatic rings. The highest BCUT2D eigenvalue weighted by atomic mass is 16.5. The summed E-state index contributed by atoms with van der Waals surface area (Å²) in [5, 5.41) is 3.10. The maximum absolute atomic E-state index is 13.2. The van der Waals surface area contributed by atoms with Gasteiger partial charge >= 0.3 is 5.97 Å². The first-order valence-electron chi connectivity index (χ1n) is 10.0. The quantitative estimate of drug-likeness (QED) is 0.491. The van der Waals surface area contributed by atoms with E-state index in [9.17, 15) is 9.59 Å². The Hall–Kier alpha value is -2.34. The Morgan fingerprint density at radius 1 is 1.36 bits per heavy atom. The largest absolute Gasteiger partial charge is 0.504 e. The number of carbonyl (C=O) groups excluding carboxylic acids is 2. The summed E-state index contributed by atoms with van der Waals surface area (Å²) in [6, 6.07) is 8.07. The molecule has 2 saturated heterocycles. The van der Waals surface area contributed by atoms with Gasteiger partial charge in [-0.15, -0.1) is 0 Å². The van der Waals surface area contributed by atoms with Crippen molar-refractivity contribution in [1.82, 2.24) is 4.90 Å². The molecule has 0 aliphatic carbocycles. The maximum Gasteiger partial charge on any atom is 0.337 e. The Morgan fingerprint density at radius 2 is 2.14 bits per heavy atom. The van der Waals surface area contributed by atoms with Gasteiger partial charge in [0.2, 0.25) is 5.91 Å². The molecule has 1 N–H and O–H groups in total. The van der Waals surface area contributed by atoms with E-state index in [1.807, 2.05) is 18.2 Å². The molecule has 0 aromatic heterocycles. The van der Waals surface area contributed by atoms with Crippen LogP contribution in [0.25, 0.3) is 0 Å². The first kappa shape index (κ1) is 19.0. The number of hydrogen-bond donors (Lipinski definition) is 1. The number of anilines is 1. The molecule has 2 unspecified atom stereocenters. The lowest BCUT2D eigenvalue weighted by atomic mass is 9.67. The van der Waals surface area contributed by atoms with Crippen LogP contribution in [0.5, 0.6) is 0 Å². The minimum atomic E-state index is -0.540. The topological polar surface area (TPSA) is 67.9 Å². The Balaban J connectivity index is 1.74. The van der Waals surface area contributed by atoms with Crippen LogP contribution in [0, 0.1) is 11.8 Å². The molecule has 3 aliphatic rings. The van der Waals surface area contributed by atoms with Gasteiger partial charge in [0.15, 0.2) is 0 Å². The second kappa shape index (κ2) is 7.24. The molecule has 6 nitrogen and oxygen atoms in total. The summed E-state index contributed by atoms with van der Waals surface area (Å²) in [7, 11) is 2.95. The lowest BCUT2D eigenvalue weighted by Crippen LogP contribution is -2.53. The summed E-state index contributed by atoms with van der Waals surface area (Å²) in [6.45, 7) is 3.93. The number of nitrogens with one attached hydrogen (secondary N) is 1. The second-order valence-electron chi connectivity index (χ2n) is 8.04. The fourth-order valence-electron chi connectivity index (χ4n) is 5.63. The minimum absolute atomic E-state index is 0.00851. The normalized spacial score (nSPS) is 32.0. The van der Waals surface area contributed by atoms with Crippen molar-refractivity contribution in [2.75, 3.05) is 32.6 Å². The number of carbonyl (C=O) groups is 2. The fourth-order valence-corrected chi connectivity index (χ4v) is 5.63. The summed E-state index contributed by atoms with van der Waals surface area (Å²) in [5.41, 5.74) is 2.05. The van der Waals surface area contributed by atoms with Gasteiger partial charge in [-0.2, -0.15) is 0 Å². The lowest BCUT2D eigenvalue weighted by molar-refractivity contribution is -0.137. The second-order valence-corrected chi connectivity index (χ2v) is 8.04. The van der Waals surface area contributed by atoms with Crippen molar-refractivity contribution < 1.29 is 19.1 Å². The lowest BCUT2D eigenvalue weighted by Gasteiger charge is -2.45. The number of fused-ring (bicyclic) bond motifs is 4. The third-order valence-corrected chi connectivity index (χ3v) is 6.97. The molecule has 1 spiro atoms. The van der Waals surface area contributed by atoms with Gasteiger partial charge in [-0.3, -0.25) is 9.69 Å². The van der Waals surface area contributed by atoms with Crippen molar-refractivity contribution in [3.8, 4) is 0 Å². The molecule has 4 atom stereocenters. The van der Waals surface area contributed by atoms with E-state index in [-0.39, 0.29) is 23.8 Å². The molecule has 1 amide bonds. The van der Waals surface area contributed by atoms with Crippen LogP contribution in [0.4, 0.5) is 5.69 Å². The predicted octanol–water partition coefficient (Wildman–Crippen LogP) is 2.70. The molecule has 4 rings (SSSR count). The molecule has 0 radical (unpaired) electrons. The minimum Gasteiger partial charge on any atom is -0.504 e. The summed E-state index contributed by atoms with van der Waals surface area (Å²) in [6.07, 6.45) is 4.04. The summed E-state index contributed by atoms with van der Waals surface area (Å²) >= 11 is 0. The van der Waals surface area contributed by atoms with Crippen molar-refractivity contribution in [2.45, 2.75) is 37.6 Å². The number of esters is 1. The fraction of sp³-hybridized carbons (Fsp3) is 0.545. The van der Waals surface area contributed by atoms with E-state index in [4.69, 9.17) is 9.47 Å². The van der Waals surface area contributed by atoms with Crippen LogP contribution in [0.3, 0.4) is 0 Å². The van der Waals surface area contributed by atoms with Gasteiger partial charge in [0.25, 0.3) is 0 Å². The first-order chi connectivity index (χ1) is 13.6. The summed E-state index contributed by atoms with van der Waals surface area (Å²) < 4.78 is 10.3. The first-order valence-corrected chi connectivity index (χ1v) is 10.0. The molecule has 3 aliphatic heterocycles. The van der Waals surface area contributed by atoms with Gasteiger partial charge in [0, 0.05) is 18.3 Å². The van der Waals surface area contributed by atoms with Crippen molar-refractivity contribution in [3.05, 3.63) is 41.7 Å². The molecule has 150 valence electrons. The molecule has 2 fully saturated rings. The number of amides is 1. The zero-order chi connectivity index (χ0) is 19.9. The van der Waals surface area contributed by atoms with E-state index in [1.54, 1.807) is 7.11 Å². The van der Waals surface area contributed by atoms with Gasteiger partial charge in [-0.05, 0) is 42.9 Å². The Kier molecular flexibility index (Phi) is 4.91. The van der Waals surface area contributed by atoms with Gasteiger partial charge in [-0.25, -0.2) is 4.79 Å². The Labute approximate surface area is 165 Å². The van der Waals surface area contributed by atoms with E-state index in [0.29, 0.717) is 11.5 Å². The maximum atomic E-state index is 13.2. The third kappa shape index (κ3) is 2.65. The van der Waals surface area contributed by atoms with Crippen molar-refractivity contribution >= 4 is 17.6 Å². The van der Waals surface area contributed by atoms with Crippen LogP contribution in [0.15, 0.2) is 36.1 Å². The number of hydrogen-bond acceptors (Lipinski definition) is 5. The highest BCUT2D eigenvalue weighted by molar-refractivity contribution is 6.07. The summed E-state index contributed by atoms with van der Waals surface area (Å²) in [5.74, 6) is 0.0769. The van der Waals surface area contributed by atoms with Crippen LogP contribution in [0.1, 0.15) is 31.7 Å². The average Bonchev–Trinajstić information content (AvgIpc) is 3.23. The van der Waals surface area contributed by atoms with Crippen LogP contribution in [0.2, 0.25) is 0 Å². The molecule has 0 bridgehead atoms.